The first kappa shape index (κ1) is 19.3. The summed E-state index contributed by atoms with van der Waals surface area (Å²) in [5.41, 5.74) is 7.99. The van der Waals surface area contributed by atoms with Crippen molar-refractivity contribution in [3.63, 3.8) is 0 Å². The predicted molar refractivity (Wildman–Crippen MR) is 119 cm³/mol. The summed E-state index contributed by atoms with van der Waals surface area (Å²) >= 11 is 0. The fourth-order valence-corrected chi connectivity index (χ4v) is 4.27. The van der Waals surface area contributed by atoms with Gasteiger partial charge in [-0.1, -0.05) is 37.3 Å². The monoisotopic (exact) mass is 413 g/mol. The second-order valence-electron chi connectivity index (χ2n) is 7.91. The van der Waals surface area contributed by atoms with Gasteiger partial charge in [0.05, 0.1) is 13.1 Å². The SMILES string of the molecule is CCC(=O)NC[C@H]1CN(c2ccc3c(c2)Cc2cc(-c4cccnc4)ccc2-3)C(=O)O1. The molecule has 3 aromatic rings. The van der Waals surface area contributed by atoms with E-state index in [0.29, 0.717) is 19.5 Å². The third-order valence-corrected chi connectivity index (χ3v) is 5.89. The molecule has 6 nitrogen and oxygen atoms in total. The van der Waals surface area contributed by atoms with E-state index >= 15 is 0 Å². The quantitative estimate of drug-likeness (QED) is 0.533. The molecule has 6 heteroatoms. The third kappa shape index (κ3) is 3.65. The minimum Gasteiger partial charge on any atom is -0.442 e. The number of carbonyl (C=O) groups is 2. The topological polar surface area (TPSA) is 71.5 Å². The summed E-state index contributed by atoms with van der Waals surface area (Å²) < 4.78 is 5.44. The highest BCUT2D eigenvalue weighted by Gasteiger charge is 2.33. The van der Waals surface area contributed by atoms with Crippen molar-refractivity contribution in [1.29, 1.82) is 0 Å². The van der Waals surface area contributed by atoms with Crippen LogP contribution in [-0.4, -0.2) is 36.2 Å². The van der Waals surface area contributed by atoms with Crippen molar-refractivity contribution < 1.29 is 14.3 Å². The van der Waals surface area contributed by atoms with E-state index in [0.717, 1.165) is 23.2 Å². The number of nitrogens with one attached hydrogen (secondary N) is 1. The van der Waals surface area contributed by atoms with Crippen LogP contribution < -0.4 is 10.2 Å². The maximum atomic E-state index is 12.4. The van der Waals surface area contributed by atoms with Crippen LogP contribution in [0.25, 0.3) is 22.3 Å². The van der Waals surface area contributed by atoms with Crippen molar-refractivity contribution in [2.24, 2.45) is 0 Å². The number of nitrogens with zero attached hydrogens (tertiary/aromatic N) is 2. The van der Waals surface area contributed by atoms with E-state index in [9.17, 15) is 9.59 Å². The van der Waals surface area contributed by atoms with Crippen LogP contribution in [0.4, 0.5) is 10.5 Å². The lowest BCUT2D eigenvalue weighted by Gasteiger charge is -2.14. The molecule has 2 heterocycles. The minimum absolute atomic E-state index is 0.0459. The molecule has 0 bridgehead atoms. The van der Waals surface area contributed by atoms with Crippen LogP contribution in [0.5, 0.6) is 0 Å². The first-order valence-corrected chi connectivity index (χ1v) is 10.5. The summed E-state index contributed by atoms with van der Waals surface area (Å²) in [6.07, 6.45) is 4.18. The largest absolute Gasteiger partial charge is 0.442 e. The first-order chi connectivity index (χ1) is 15.1. The summed E-state index contributed by atoms with van der Waals surface area (Å²) in [5, 5.41) is 2.79. The molecule has 0 saturated carbocycles. The lowest BCUT2D eigenvalue weighted by molar-refractivity contribution is -0.121. The van der Waals surface area contributed by atoms with Crippen molar-refractivity contribution >= 4 is 17.7 Å². The number of carbonyl (C=O) groups excluding carboxylic acids is 2. The van der Waals surface area contributed by atoms with E-state index in [1.807, 2.05) is 18.3 Å². The van der Waals surface area contributed by atoms with E-state index in [-0.39, 0.29) is 18.1 Å². The minimum atomic E-state index is -0.370. The molecule has 1 aromatic heterocycles. The Hall–Kier alpha value is -3.67. The second kappa shape index (κ2) is 7.87. The van der Waals surface area contributed by atoms with Gasteiger partial charge in [0.15, 0.2) is 0 Å². The number of fused-ring (bicyclic) bond motifs is 3. The predicted octanol–water partition coefficient (Wildman–Crippen LogP) is 4.17. The Morgan fingerprint density at radius 1 is 1.13 bits per heavy atom. The molecule has 2 aromatic carbocycles. The number of cyclic esters (lactones) is 1. The normalized spacial score (nSPS) is 16.6. The number of aromatic nitrogens is 1. The highest BCUT2D eigenvalue weighted by atomic mass is 16.6. The van der Waals surface area contributed by atoms with Gasteiger partial charge in [0.2, 0.25) is 5.91 Å². The third-order valence-electron chi connectivity index (χ3n) is 5.89. The van der Waals surface area contributed by atoms with Gasteiger partial charge in [0.1, 0.15) is 6.10 Å². The van der Waals surface area contributed by atoms with Gasteiger partial charge in [-0.2, -0.15) is 0 Å². The van der Waals surface area contributed by atoms with Crippen LogP contribution in [0, 0.1) is 0 Å². The lowest BCUT2D eigenvalue weighted by atomic mass is 10.0. The van der Waals surface area contributed by atoms with Crippen LogP contribution in [0.15, 0.2) is 60.9 Å². The molecule has 0 spiro atoms. The van der Waals surface area contributed by atoms with E-state index < -0.39 is 0 Å². The molecule has 156 valence electrons. The van der Waals surface area contributed by atoms with Gasteiger partial charge in [0.25, 0.3) is 0 Å². The second-order valence-corrected chi connectivity index (χ2v) is 7.91. The van der Waals surface area contributed by atoms with Crippen LogP contribution in [0.2, 0.25) is 0 Å². The van der Waals surface area contributed by atoms with Gasteiger partial charge in [-0.05, 0) is 58.0 Å². The zero-order chi connectivity index (χ0) is 21.4. The van der Waals surface area contributed by atoms with Crippen molar-refractivity contribution in [1.82, 2.24) is 10.3 Å². The van der Waals surface area contributed by atoms with Gasteiger partial charge in [-0.15, -0.1) is 0 Å². The number of hydrogen-bond donors (Lipinski definition) is 1. The average molecular weight is 413 g/mol. The summed E-state index contributed by atoms with van der Waals surface area (Å²) in [4.78, 5) is 29.8. The zero-order valence-corrected chi connectivity index (χ0v) is 17.3. The Balaban J connectivity index is 1.35. The average Bonchev–Trinajstić information content (AvgIpc) is 3.36. The van der Waals surface area contributed by atoms with Crippen LogP contribution in [0.1, 0.15) is 24.5 Å². The van der Waals surface area contributed by atoms with Crippen molar-refractivity contribution in [2.75, 3.05) is 18.0 Å². The molecule has 0 unspecified atom stereocenters. The maximum Gasteiger partial charge on any atom is 0.414 e. The van der Waals surface area contributed by atoms with Crippen molar-refractivity contribution in [3.8, 4) is 22.3 Å². The van der Waals surface area contributed by atoms with E-state index in [1.54, 1.807) is 18.0 Å². The van der Waals surface area contributed by atoms with Gasteiger partial charge in [-0.25, -0.2) is 4.79 Å². The molecule has 1 N–H and O–H groups in total. The van der Waals surface area contributed by atoms with E-state index in [2.05, 4.69) is 46.7 Å². The van der Waals surface area contributed by atoms with Crippen molar-refractivity contribution in [2.45, 2.75) is 25.9 Å². The molecule has 5 rings (SSSR count). The fourth-order valence-electron chi connectivity index (χ4n) is 4.27. The molecular formula is C25H23N3O3. The molecule has 1 aliphatic heterocycles. The van der Waals surface area contributed by atoms with Crippen LogP contribution in [-0.2, 0) is 16.0 Å². The van der Waals surface area contributed by atoms with Gasteiger partial charge < -0.3 is 10.1 Å². The fraction of sp³-hybridized carbons (Fsp3) is 0.240. The van der Waals surface area contributed by atoms with Gasteiger partial charge >= 0.3 is 6.09 Å². The molecule has 2 aliphatic rings. The number of rotatable bonds is 5. The van der Waals surface area contributed by atoms with Crippen LogP contribution >= 0.6 is 0 Å². The smallest absolute Gasteiger partial charge is 0.414 e. The number of hydrogen-bond acceptors (Lipinski definition) is 4. The number of amides is 2. The highest BCUT2D eigenvalue weighted by Crippen LogP contribution is 2.40. The molecule has 31 heavy (non-hydrogen) atoms. The van der Waals surface area contributed by atoms with E-state index in [1.165, 1.54) is 22.3 Å². The summed E-state index contributed by atoms with van der Waals surface area (Å²) in [7, 11) is 0. The number of anilines is 1. The highest BCUT2D eigenvalue weighted by molar-refractivity contribution is 5.91. The van der Waals surface area contributed by atoms with Gasteiger partial charge in [0, 0.05) is 24.5 Å². The lowest BCUT2D eigenvalue weighted by Crippen LogP contribution is -2.34. The Labute approximate surface area is 180 Å². The standard InChI is InChI=1S/C25H23N3O3/c1-2-24(29)27-14-21-15-28(25(30)31-21)20-6-8-23-19(12-20)11-18-10-16(5-7-22(18)23)17-4-3-9-26-13-17/h3-10,12-13,21H,2,11,14-15H2,1H3,(H,27,29)/t21-/m0/s1. The number of benzene rings is 2. The Bertz CT molecular complexity index is 1160. The summed E-state index contributed by atoms with van der Waals surface area (Å²) in [6, 6.07) is 16.7. The van der Waals surface area contributed by atoms with Crippen molar-refractivity contribution in [3.05, 3.63) is 72.1 Å². The maximum absolute atomic E-state index is 12.4. The molecule has 1 atom stereocenters. The summed E-state index contributed by atoms with van der Waals surface area (Å²) in [5.74, 6) is -0.0459. The Morgan fingerprint density at radius 3 is 2.71 bits per heavy atom. The van der Waals surface area contributed by atoms with E-state index in [4.69, 9.17) is 4.74 Å². The molecule has 2 amide bonds. The molecular weight excluding hydrogens is 390 g/mol. The number of ether oxygens (including phenoxy) is 1. The zero-order valence-electron chi connectivity index (χ0n) is 17.3. The molecule has 1 fully saturated rings. The Morgan fingerprint density at radius 2 is 1.94 bits per heavy atom. The summed E-state index contributed by atoms with van der Waals surface area (Å²) in [6.45, 7) is 2.56. The van der Waals surface area contributed by atoms with Gasteiger partial charge in [-0.3, -0.25) is 14.7 Å². The first-order valence-electron chi connectivity index (χ1n) is 10.5. The number of pyridine rings is 1. The molecule has 0 radical (unpaired) electrons. The molecule has 1 aliphatic carbocycles. The Kier molecular flexibility index (Phi) is 4.90. The van der Waals surface area contributed by atoms with Crippen LogP contribution in [0.3, 0.4) is 0 Å². The molecule has 1 saturated heterocycles.